The molecule has 1 saturated heterocycles. The standard InChI is InChI=1S/C13H19NO3S/c1-9-4-12(17-3)13(5-10(9)2)18(15,16)8-11-6-14-7-11/h4-5,11,14H,6-8H2,1-3H3. The Hall–Kier alpha value is -1.07. The van der Waals surface area contributed by atoms with E-state index in [1.807, 2.05) is 13.8 Å². The second-order valence-corrected chi connectivity index (χ2v) is 6.90. The topological polar surface area (TPSA) is 55.4 Å². The van der Waals surface area contributed by atoms with Gasteiger partial charge in [0.1, 0.15) is 10.6 Å². The van der Waals surface area contributed by atoms with E-state index in [4.69, 9.17) is 4.74 Å². The van der Waals surface area contributed by atoms with Gasteiger partial charge in [0.2, 0.25) is 0 Å². The summed E-state index contributed by atoms with van der Waals surface area (Å²) in [6.45, 7) is 5.43. The molecule has 2 rings (SSSR count). The van der Waals surface area contributed by atoms with E-state index in [1.165, 1.54) is 7.11 Å². The lowest BCUT2D eigenvalue weighted by Gasteiger charge is -2.27. The third-order valence-corrected chi connectivity index (χ3v) is 5.34. The molecular weight excluding hydrogens is 250 g/mol. The second-order valence-electron chi connectivity index (χ2n) is 4.89. The summed E-state index contributed by atoms with van der Waals surface area (Å²) >= 11 is 0. The highest BCUT2D eigenvalue weighted by atomic mass is 32.2. The summed E-state index contributed by atoms with van der Waals surface area (Å²) in [7, 11) is -1.76. The van der Waals surface area contributed by atoms with Gasteiger partial charge in [0.15, 0.2) is 9.84 Å². The van der Waals surface area contributed by atoms with Crippen molar-refractivity contribution >= 4 is 9.84 Å². The number of ether oxygens (including phenoxy) is 1. The molecule has 5 heteroatoms. The van der Waals surface area contributed by atoms with E-state index >= 15 is 0 Å². The predicted octanol–water partition coefficient (Wildman–Crippen LogP) is 1.31. The summed E-state index contributed by atoms with van der Waals surface area (Å²) in [6.07, 6.45) is 0. The number of hydrogen-bond donors (Lipinski definition) is 1. The molecule has 18 heavy (non-hydrogen) atoms. The third-order valence-electron chi connectivity index (χ3n) is 3.44. The van der Waals surface area contributed by atoms with Crippen LogP contribution in [0.3, 0.4) is 0 Å². The van der Waals surface area contributed by atoms with Gasteiger partial charge in [-0.3, -0.25) is 0 Å². The van der Waals surface area contributed by atoms with Crippen LogP contribution < -0.4 is 10.1 Å². The monoisotopic (exact) mass is 269 g/mol. The Bertz CT molecular complexity index is 548. The van der Waals surface area contributed by atoms with Crippen molar-refractivity contribution < 1.29 is 13.2 Å². The molecule has 1 aromatic rings. The van der Waals surface area contributed by atoms with Crippen LogP contribution in [0.2, 0.25) is 0 Å². The van der Waals surface area contributed by atoms with Gasteiger partial charge in [-0.15, -0.1) is 0 Å². The van der Waals surface area contributed by atoms with Gasteiger partial charge in [-0.1, -0.05) is 0 Å². The molecule has 0 amide bonds. The molecule has 100 valence electrons. The van der Waals surface area contributed by atoms with Crippen molar-refractivity contribution in [3.63, 3.8) is 0 Å². The van der Waals surface area contributed by atoms with Crippen molar-refractivity contribution in [2.24, 2.45) is 5.92 Å². The van der Waals surface area contributed by atoms with E-state index in [2.05, 4.69) is 5.32 Å². The number of methoxy groups -OCH3 is 1. The van der Waals surface area contributed by atoms with Gasteiger partial charge < -0.3 is 10.1 Å². The summed E-state index contributed by atoms with van der Waals surface area (Å²) in [5, 5.41) is 3.09. The van der Waals surface area contributed by atoms with Crippen LogP contribution >= 0.6 is 0 Å². The van der Waals surface area contributed by atoms with Crippen LogP contribution in [0.15, 0.2) is 17.0 Å². The smallest absolute Gasteiger partial charge is 0.182 e. The van der Waals surface area contributed by atoms with Gasteiger partial charge >= 0.3 is 0 Å². The third kappa shape index (κ3) is 2.52. The predicted molar refractivity (Wildman–Crippen MR) is 70.9 cm³/mol. The molecule has 0 aromatic heterocycles. The summed E-state index contributed by atoms with van der Waals surface area (Å²) in [6, 6.07) is 3.51. The van der Waals surface area contributed by atoms with Crippen LogP contribution in [-0.2, 0) is 9.84 Å². The molecule has 0 bridgehead atoms. The van der Waals surface area contributed by atoms with E-state index in [-0.39, 0.29) is 11.7 Å². The molecule has 4 nitrogen and oxygen atoms in total. The highest BCUT2D eigenvalue weighted by Gasteiger charge is 2.28. The summed E-state index contributed by atoms with van der Waals surface area (Å²) in [4.78, 5) is 0.319. The first-order chi connectivity index (χ1) is 8.44. The minimum absolute atomic E-state index is 0.193. The van der Waals surface area contributed by atoms with E-state index in [0.29, 0.717) is 10.6 Å². The van der Waals surface area contributed by atoms with Crippen molar-refractivity contribution in [2.45, 2.75) is 18.7 Å². The molecular formula is C13H19NO3S. The van der Waals surface area contributed by atoms with E-state index < -0.39 is 9.84 Å². The Balaban J connectivity index is 2.38. The first kappa shape index (κ1) is 13.4. The zero-order chi connectivity index (χ0) is 13.3. The lowest BCUT2D eigenvalue weighted by molar-refractivity contribution is 0.376. The molecule has 1 aliphatic rings. The molecule has 0 spiro atoms. The zero-order valence-corrected chi connectivity index (χ0v) is 11.8. The van der Waals surface area contributed by atoms with Gasteiger partial charge in [-0.05, 0) is 43.0 Å². The number of hydrogen-bond acceptors (Lipinski definition) is 4. The fraction of sp³-hybridized carbons (Fsp3) is 0.538. The molecule has 0 aliphatic carbocycles. The number of nitrogens with one attached hydrogen (secondary N) is 1. The maximum absolute atomic E-state index is 12.4. The fourth-order valence-electron chi connectivity index (χ4n) is 2.03. The molecule has 1 heterocycles. The molecule has 1 fully saturated rings. The van der Waals surface area contributed by atoms with Gasteiger partial charge in [-0.2, -0.15) is 0 Å². The summed E-state index contributed by atoms with van der Waals surface area (Å²) in [5.41, 5.74) is 2.01. The van der Waals surface area contributed by atoms with Crippen molar-refractivity contribution in [2.75, 3.05) is 26.0 Å². The first-order valence-electron chi connectivity index (χ1n) is 6.03. The second kappa shape index (κ2) is 4.90. The van der Waals surface area contributed by atoms with Crippen LogP contribution in [0.4, 0.5) is 0 Å². The molecule has 0 radical (unpaired) electrons. The van der Waals surface area contributed by atoms with Crippen molar-refractivity contribution in [3.05, 3.63) is 23.3 Å². The number of aryl methyl sites for hydroxylation is 2. The highest BCUT2D eigenvalue weighted by Crippen LogP contribution is 2.29. The largest absolute Gasteiger partial charge is 0.495 e. The van der Waals surface area contributed by atoms with Crippen LogP contribution in [-0.4, -0.2) is 34.4 Å². The first-order valence-corrected chi connectivity index (χ1v) is 7.68. The fourth-order valence-corrected chi connectivity index (χ4v) is 3.87. The SMILES string of the molecule is COc1cc(C)c(C)cc1S(=O)(=O)CC1CNC1. The van der Waals surface area contributed by atoms with Gasteiger partial charge in [0.05, 0.1) is 12.9 Å². The van der Waals surface area contributed by atoms with Crippen LogP contribution in [0.25, 0.3) is 0 Å². The minimum Gasteiger partial charge on any atom is -0.495 e. The van der Waals surface area contributed by atoms with E-state index in [0.717, 1.165) is 24.2 Å². The Morgan fingerprint density at radius 3 is 2.39 bits per heavy atom. The van der Waals surface area contributed by atoms with Crippen molar-refractivity contribution in [1.82, 2.24) is 5.32 Å². The molecule has 0 saturated carbocycles. The van der Waals surface area contributed by atoms with Gasteiger partial charge in [0, 0.05) is 13.1 Å². The maximum atomic E-state index is 12.4. The van der Waals surface area contributed by atoms with Crippen molar-refractivity contribution in [1.29, 1.82) is 0 Å². The number of rotatable bonds is 4. The molecule has 0 atom stereocenters. The van der Waals surface area contributed by atoms with E-state index in [9.17, 15) is 8.42 Å². The van der Waals surface area contributed by atoms with Gasteiger partial charge in [0.25, 0.3) is 0 Å². The Labute approximate surface area is 108 Å². The average molecular weight is 269 g/mol. The highest BCUT2D eigenvalue weighted by molar-refractivity contribution is 7.91. The number of sulfone groups is 1. The normalized spacial score (nSPS) is 16.4. The quantitative estimate of drug-likeness (QED) is 0.895. The Morgan fingerprint density at radius 2 is 1.89 bits per heavy atom. The van der Waals surface area contributed by atoms with Crippen LogP contribution in [0, 0.1) is 19.8 Å². The van der Waals surface area contributed by atoms with Crippen LogP contribution in [0.1, 0.15) is 11.1 Å². The lowest BCUT2D eigenvalue weighted by Crippen LogP contribution is -2.45. The molecule has 1 aromatic carbocycles. The zero-order valence-electron chi connectivity index (χ0n) is 11.0. The summed E-state index contributed by atoms with van der Waals surface area (Å²) in [5.74, 6) is 0.866. The van der Waals surface area contributed by atoms with Crippen molar-refractivity contribution in [3.8, 4) is 5.75 Å². The lowest BCUT2D eigenvalue weighted by atomic mass is 10.1. The maximum Gasteiger partial charge on any atom is 0.182 e. The minimum atomic E-state index is -3.27. The summed E-state index contributed by atoms with van der Waals surface area (Å²) < 4.78 is 29.9. The van der Waals surface area contributed by atoms with Crippen LogP contribution in [0.5, 0.6) is 5.75 Å². The Morgan fingerprint density at radius 1 is 1.28 bits per heavy atom. The Kier molecular flexibility index (Phi) is 3.64. The van der Waals surface area contributed by atoms with E-state index in [1.54, 1.807) is 12.1 Å². The molecule has 1 aliphatic heterocycles. The number of benzene rings is 1. The average Bonchev–Trinajstić information content (AvgIpc) is 2.27. The van der Waals surface area contributed by atoms with Gasteiger partial charge in [-0.25, -0.2) is 8.42 Å². The molecule has 1 N–H and O–H groups in total. The molecule has 0 unspecified atom stereocenters.